The van der Waals surface area contributed by atoms with E-state index in [0.717, 1.165) is 12.1 Å². The zero-order chi connectivity index (χ0) is 11.5. The molecule has 2 nitrogen and oxygen atoms in total. The second-order valence-corrected chi connectivity index (χ2v) is 5.55. The van der Waals surface area contributed by atoms with Crippen molar-refractivity contribution in [2.75, 3.05) is 6.54 Å². The van der Waals surface area contributed by atoms with Crippen molar-refractivity contribution in [3.05, 3.63) is 21.7 Å². The van der Waals surface area contributed by atoms with Crippen LogP contribution in [-0.2, 0) is 5.41 Å². The molecular weight excluding hydrogens is 204 g/mol. The lowest BCUT2D eigenvalue weighted by atomic mass is 9.98. The molecule has 0 saturated heterocycles. The van der Waals surface area contributed by atoms with Gasteiger partial charge in [0.15, 0.2) is 0 Å². The molecule has 0 fully saturated rings. The van der Waals surface area contributed by atoms with Crippen molar-refractivity contribution in [2.24, 2.45) is 5.73 Å². The van der Waals surface area contributed by atoms with Gasteiger partial charge in [0.05, 0.1) is 10.7 Å². The van der Waals surface area contributed by atoms with Crippen LogP contribution in [0.25, 0.3) is 6.08 Å². The van der Waals surface area contributed by atoms with Crippen LogP contribution >= 0.6 is 11.3 Å². The van der Waals surface area contributed by atoms with Crippen LogP contribution in [0.3, 0.4) is 0 Å². The molecule has 2 N–H and O–H groups in total. The Balaban J connectivity index is 2.90. The lowest BCUT2D eigenvalue weighted by Crippen LogP contribution is -2.10. The van der Waals surface area contributed by atoms with Gasteiger partial charge in [0.1, 0.15) is 0 Å². The topological polar surface area (TPSA) is 38.9 Å². The van der Waals surface area contributed by atoms with E-state index in [0.29, 0.717) is 6.54 Å². The van der Waals surface area contributed by atoms with E-state index in [9.17, 15) is 0 Å². The predicted molar refractivity (Wildman–Crippen MR) is 68.1 cm³/mol. The molecule has 1 heterocycles. The van der Waals surface area contributed by atoms with Crippen molar-refractivity contribution in [1.82, 2.24) is 4.98 Å². The molecule has 1 aromatic rings. The monoisotopic (exact) mass is 224 g/mol. The normalized spacial score (nSPS) is 13.3. The van der Waals surface area contributed by atoms with Gasteiger partial charge in [0.2, 0.25) is 0 Å². The maximum absolute atomic E-state index is 5.63. The van der Waals surface area contributed by atoms with Gasteiger partial charge >= 0.3 is 0 Å². The molecule has 1 rings (SSSR count). The second-order valence-electron chi connectivity index (χ2n) is 4.69. The summed E-state index contributed by atoms with van der Waals surface area (Å²) < 4.78 is 0. The maximum atomic E-state index is 5.63. The highest BCUT2D eigenvalue weighted by atomic mass is 32.1. The highest BCUT2D eigenvalue weighted by Gasteiger charge is 2.17. The third-order valence-corrected chi connectivity index (χ3v) is 3.52. The Kier molecular flexibility index (Phi) is 4.05. The van der Waals surface area contributed by atoms with Gasteiger partial charge in [-0.25, -0.2) is 4.98 Å². The van der Waals surface area contributed by atoms with E-state index in [1.54, 1.807) is 11.3 Å². The SMILES string of the molecule is CCC(=Cc1csc(C(C)(C)C)n1)CN. The van der Waals surface area contributed by atoms with Gasteiger partial charge in [0.25, 0.3) is 0 Å². The van der Waals surface area contributed by atoms with E-state index in [1.165, 1.54) is 10.6 Å². The fourth-order valence-electron chi connectivity index (χ4n) is 1.21. The Hall–Kier alpha value is -0.670. The third-order valence-electron chi connectivity index (χ3n) is 2.23. The molecule has 0 aliphatic carbocycles. The number of hydrogen-bond acceptors (Lipinski definition) is 3. The van der Waals surface area contributed by atoms with Crippen molar-refractivity contribution >= 4 is 17.4 Å². The van der Waals surface area contributed by atoms with Gasteiger partial charge in [-0.15, -0.1) is 11.3 Å². The molecule has 0 unspecified atom stereocenters. The molecule has 0 bridgehead atoms. The summed E-state index contributed by atoms with van der Waals surface area (Å²) in [7, 11) is 0. The fourth-order valence-corrected chi connectivity index (χ4v) is 2.08. The van der Waals surface area contributed by atoms with Crippen LogP contribution in [0.15, 0.2) is 11.0 Å². The largest absolute Gasteiger partial charge is 0.327 e. The van der Waals surface area contributed by atoms with Gasteiger partial charge < -0.3 is 5.73 Å². The summed E-state index contributed by atoms with van der Waals surface area (Å²) in [6.07, 6.45) is 3.10. The number of nitrogens with two attached hydrogens (primary N) is 1. The number of nitrogens with zero attached hydrogens (tertiary/aromatic N) is 1. The number of hydrogen-bond donors (Lipinski definition) is 1. The van der Waals surface area contributed by atoms with Crippen LogP contribution < -0.4 is 5.73 Å². The minimum Gasteiger partial charge on any atom is -0.327 e. The molecule has 84 valence electrons. The van der Waals surface area contributed by atoms with Crippen molar-refractivity contribution < 1.29 is 0 Å². The quantitative estimate of drug-likeness (QED) is 0.856. The van der Waals surface area contributed by atoms with Gasteiger partial charge in [-0.2, -0.15) is 0 Å². The van der Waals surface area contributed by atoms with Gasteiger partial charge in [-0.1, -0.05) is 33.3 Å². The summed E-state index contributed by atoms with van der Waals surface area (Å²) in [6.45, 7) is 9.30. The molecule has 1 aromatic heterocycles. The molecule has 0 amide bonds. The molecule has 0 aliphatic heterocycles. The highest BCUT2D eigenvalue weighted by molar-refractivity contribution is 7.09. The summed E-state index contributed by atoms with van der Waals surface area (Å²) in [6, 6.07) is 0. The van der Waals surface area contributed by atoms with Gasteiger partial charge in [-0.05, 0) is 12.5 Å². The van der Waals surface area contributed by atoms with Crippen molar-refractivity contribution in [2.45, 2.75) is 39.5 Å². The molecule has 0 radical (unpaired) electrons. The van der Waals surface area contributed by atoms with Crippen molar-refractivity contribution in [3.8, 4) is 0 Å². The Morgan fingerprint density at radius 3 is 2.60 bits per heavy atom. The Morgan fingerprint density at radius 1 is 1.53 bits per heavy atom. The number of rotatable bonds is 3. The molecule has 15 heavy (non-hydrogen) atoms. The first-order chi connectivity index (χ1) is 6.97. The van der Waals surface area contributed by atoms with E-state index >= 15 is 0 Å². The summed E-state index contributed by atoms with van der Waals surface area (Å²) in [5.41, 5.74) is 8.07. The van der Waals surface area contributed by atoms with Crippen LogP contribution in [0.5, 0.6) is 0 Å². The van der Waals surface area contributed by atoms with Crippen LogP contribution in [0.4, 0.5) is 0 Å². The zero-order valence-corrected chi connectivity index (χ0v) is 10.8. The first kappa shape index (κ1) is 12.4. The minimum atomic E-state index is 0.145. The van der Waals surface area contributed by atoms with Crippen LogP contribution in [0.2, 0.25) is 0 Å². The van der Waals surface area contributed by atoms with Gasteiger partial charge in [0, 0.05) is 17.3 Å². The second kappa shape index (κ2) is 4.90. The highest BCUT2D eigenvalue weighted by Crippen LogP contribution is 2.26. The Morgan fingerprint density at radius 2 is 2.20 bits per heavy atom. The summed E-state index contributed by atoms with van der Waals surface area (Å²) >= 11 is 1.72. The van der Waals surface area contributed by atoms with E-state index in [-0.39, 0.29) is 5.41 Å². The van der Waals surface area contributed by atoms with Crippen molar-refractivity contribution in [3.63, 3.8) is 0 Å². The van der Waals surface area contributed by atoms with E-state index < -0.39 is 0 Å². The molecule has 0 saturated carbocycles. The van der Waals surface area contributed by atoms with E-state index in [2.05, 4.69) is 44.1 Å². The molecule has 0 atom stereocenters. The standard InChI is InChI=1S/C12H20N2S/c1-5-9(7-13)6-10-8-15-11(14-10)12(2,3)4/h6,8H,5,7,13H2,1-4H3. The van der Waals surface area contributed by atoms with Crippen LogP contribution in [0.1, 0.15) is 44.8 Å². The fraction of sp³-hybridized carbons (Fsp3) is 0.583. The summed E-state index contributed by atoms with van der Waals surface area (Å²) in [5.74, 6) is 0. The average Bonchev–Trinajstić information content (AvgIpc) is 2.61. The third kappa shape index (κ3) is 3.43. The zero-order valence-electron chi connectivity index (χ0n) is 10.0. The summed E-state index contributed by atoms with van der Waals surface area (Å²) in [4.78, 5) is 4.60. The molecule has 0 aliphatic rings. The first-order valence-corrected chi connectivity index (χ1v) is 6.21. The summed E-state index contributed by atoms with van der Waals surface area (Å²) in [5, 5.41) is 3.28. The van der Waals surface area contributed by atoms with Gasteiger partial charge in [-0.3, -0.25) is 0 Å². The number of thiazole rings is 1. The van der Waals surface area contributed by atoms with Crippen LogP contribution in [0, 0.1) is 0 Å². The lowest BCUT2D eigenvalue weighted by molar-refractivity contribution is 0.585. The molecule has 3 heteroatoms. The number of aromatic nitrogens is 1. The Bertz CT molecular complexity index is 339. The Labute approximate surface area is 96.2 Å². The van der Waals surface area contributed by atoms with Crippen molar-refractivity contribution in [1.29, 1.82) is 0 Å². The predicted octanol–water partition coefficient (Wildman–Crippen LogP) is 3.19. The molecular formula is C12H20N2S. The lowest BCUT2D eigenvalue weighted by Gasteiger charge is -2.13. The maximum Gasteiger partial charge on any atom is 0.0985 e. The smallest absolute Gasteiger partial charge is 0.0985 e. The molecule has 0 spiro atoms. The van der Waals surface area contributed by atoms with E-state index in [1.807, 2.05) is 0 Å². The molecule has 0 aromatic carbocycles. The minimum absolute atomic E-state index is 0.145. The van der Waals surface area contributed by atoms with E-state index in [4.69, 9.17) is 5.73 Å². The van der Waals surface area contributed by atoms with Crippen LogP contribution in [-0.4, -0.2) is 11.5 Å². The first-order valence-electron chi connectivity index (χ1n) is 5.33. The average molecular weight is 224 g/mol.